The summed E-state index contributed by atoms with van der Waals surface area (Å²) in [6.45, 7) is 0. The van der Waals surface area contributed by atoms with Crippen LogP contribution in [0.4, 0.5) is 17.1 Å². The van der Waals surface area contributed by atoms with Gasteiger partial charge in [-0.25, -0.2) is 0 Å². The quantitative estimate of drug-likeness (QED) is 0.131. The van der Waals surface area contributed by atoms with Crippen molar-refractivity contribution >= 4 is 60.4 Å². The summed E-state index contributed by atoms with van der Waals surface area (Å²) < 4.78 is 2.37. The van der Waals surface area contributed by atoms with Gasteiger partial charge in [-0.15, -0.1) is 0 Å². The maximum absolute atomic E-state index is 2.44. The van der Waals surface area contributed by atoms with Crippen molar-refractivity contribution in [2.24, 2.45) is 0 Å². The molecular formula is C68H46N2. The number of hydrogen-bond acceptors (Lipinski definition) is 1. The molecule has 0 unspecified atom stereocenters. The predicted octanol–water partition coefficient (Wildman–Crippen LogP) is 18.9. The molecule has 1 heterocycles. The van der Waals surface area contributed by atoms with Gasteiger partial charge in [0, 0.05) is 33.4 Å². The molecule has 0 aliphatic rings. The fourth-order valence-corrected chi connectivity index (χ4v) is 10.7. The van der Waals surface area contributed by atoms with Crippen LogP contribution in [0.15, 0.2) is 279 Å². The highest BCUT2D eigenvalue weighted by Gasteiger charge is 2.23. The van der Waals surface area contributed by atoms with Crippen molar-refractivity contribution in [2.45, 2.75) is 0 Å². The summed E-state index contributed by atoms with van der Waals surface area (Å²) >= 11 is 0. The average molecular weight is 891 g/mol. The summed E-state index contributed by atoms with van der Waals surface area (Å²) in [4.78, 5) is 2.44. The Bertz CT molecular complexity index is 4020. The highest BCUT2D eigenvalue weighted by Crippen LogP contribution is 2.48. The molecule has 13 rings (SSSR count). The SMILES string of the molecule is c1ccc(-c2ccccc2-c2c(-c3ccccc3)cccc2N(c2ccc(-c3ccc4c(ccc5ccccc54)c3)cc2)c2ccc(-c3ccc4c(c3)c3ccccc3n4-c3ccccc3)cc2)cc1. The van der Waals surface area contributed by atoms with Gasteiger partial charge in [-0.05, 0) is 138 Å². The lowest BCUT2D eigenvalue weighted by Crippen LogP contribution is -2.12. The predicted molar refractivity (Wildman–Crippen MR) is 298 cm³/mol. The zero-order valence-electron chi connectivity index (χ0n) is 38.5. The molecule has 2 nitrogen and oxygen atoms in total. The van der Waals surface area contributed by atoms with Crippen LogP contribution >= 0.6 is 0 Å². The van der Waals surface area contributed by atoms with Crippen LogP contribution in [0.2, 0.25) is 0 Å². The smallest absolute Gasteiger partial charge is 0.0546 e. The third kappa shape index (κ3) is 7.22. The Morgan fingerprint density at radius 3 is 1.47 bits per heavy atom. The molecule has 0 radical (unpaired) electrons. The van der Waals surface area contributed by atoms with E-state index in [1.165, 1.54) is 93.4 Å². The molecule has 13 aromatic rings. The Morgan fingerprint density at radius 1 is 0.257 bits per heavy atom. The van der Waals surface area contributed by atoms with E-state index in [2.05, 4.69) is 289 Å². The fraction of sp³-hybridized carbons (Fsp3) is 0. The van der Waals surface area contributed by atoms with Crippen molar-refractivity contribution in [1.82, 2.24) is 4.57 Å². The number of fused-ring (bicyclic) bond motifs is 6. The Morgan fingerprint density at radius 2 is 0.757 bits per heavy atom. The van der Waals surface area contributed by atoms with E-state index in [-0.39, 0.29) is 0 Å². The topological polar surface area (TPSA) is 8.17 Å². The highest BCUT2D eigenvalue weighted by atomic mass is 15.1. The Kier molecular flexibility index (Phi) is 10.2. The first-order chi connectivity index (χ1) is 34.7. The molecule has 0 fully saturated rings. The molecule has 0 saturated carbocycles. The van der Waals surface area contributed by atoms with Crippen LogP contribution < -0.4 is 4.90 Å². The highest BCUT2D eigenvalue weighted by molar-refractivity contribution is 6.11. The van der Waals surface area contributed by atoms with Gasteiger partial charge in [-0.1, -0.05) is 212 Å². The minimum absolute atomic E-state index is 1.07. The maximum Gasteiger partial charge on any atom is 0.0546 e. The lowest BCUT2D eigenvalue weighted by Gasteiger charge is -2.30. The van der Waals surface area contributed by atoms with Gasteiger partial charge in [0.1, 0.15) is 0 Å². The van der Waals surface area contributed by atoms with Crippen LogP contribution in [0.5, 0.6) is 0 Å². The van der Waals surface area contributed by atoms with E-state index in [9.17, 15) is 0 Å². The number of aromatic nitrogens is 1. The summed E-state index contributed by atoms with van der Waals surface area (Å²) in [6.07, 6.45) is 0. The van der Waals surface area contributed by atoms with Crippen molar-refractivity contribution in [3.63, 3.8) is 0 Å². The molecule has 0 saturated heterocycles. The van der Waals surface area contributed by atoms with Crippen LogP contribution in [-0.2, 0) is 0 Å². The minimum Gasteiger partial charge on any atom is -0.310 e. The number of anilines is 3. The van der Waals surface area contributed by atoms with E-state index in [0.29, 0.717) is 0 Å². The Balaban J connectivity index is 0.972. The molecule has 0 atom stereocenters. The Hall–Kier alpha value is -9.24. The number of benzene rings is 12. The summed E-state index contributed by atoms with van der Waals surface area (Å²) in [5, 5.41) is 7.53. The molecular weight excluding hydrogens is 845 g/mol. The first-order valence-corrected chi connectivity index (χ1v) is 24.1. The van der Waals surface area contributed by atoms with Gasteiger partial charge in [0.25, 0.3) is 0 Å². The van der Waals surface area contributed by atoms with Gasteiger partial charge < -0.3 is 9.47 Å². The lowest BCUT2D eigenvalue weighted by molar-refractivity contribution is 1.18. The van der Waals surface area contributed by atoms with Crippen LogP contribution in [0.1, 0.15) is 0 Å². The largest absolute Gasteiger partial charge is 0.310 e. The van der Waals surface area contributed by atoms with Gasteiger partial charge in [-0.2, -0.15) is 0 Å². The lowest BCUT2D eigenvalue weighted by atomic mass is 9.87. The molecule has 0 aliphatic carbocycles. The maximum atomic E-state index is 2.44. The average Bonchev–Trinajstić information content (AvgIpc) is 3.78. The van der Waals surface area contributed by atoms with Gasteiger partial charge in [0.2, 0.25) is 0 Å². The van der Waals surface area contributed by atoms with Crippen LogP contribution in [-0.4, -0.2) is 4.57 Å². The monoisotopic (exact) mass is 890 g/mol. The molecule has 0 amide bonds. The molecule has 0 aliphatic heterocycles. The Labute approximate surface area is 408 Å². The second kappa shape index (κ2) is 17.4. The van der Waals surface area contributed by atoms with E-state index in [1.807, 2.05) is 0 Å². The van der Waals surface area contributed by atoms with Crippen molar-refractivity contribution in [2.75, 3.05) is 4.90 Å². The van der Waals surface area contributed by atoms with E-state index in [4.69, 9.17) is 0 Å². The van der Waals surface area contributed by atoms with Gasteiger partial charge in [0.15, 0.2) is 0 Å². The second-order valence-electron chi connectivity index (χ2n) is 18.0. The van der Waals surface area contributed by atoms with Crippen molar-refractivity contribution < 1.29 is 0 Å². The normalized spacial score (nSPS) is 11.4. The first kappa shape index (κ1) is 41.0. The van der Waals surface area contributed by atoms with Gasteiger partial charge in [-0.3, -0.25) is 0 Å². The summed E-state index contributed by atoms with van der Waals surface area (Å²) in [5.74, 6) is 0. The molecule has 0 bridgehead atoms. The fourth-order valence-electron chi connectivity index (χ4n) is 10.7. The van der Waals surface area contributed by atoms with Gasteiger partial charge >= 0.3 is 0 Å². The molecule has 1 aromatic heterocycles. The van der Waals surface area contributed by atoms with Crippen LogP contribution in [0, 0.1) is 0 Å². The summed E-state index contributed by atoms with van der Waals surface area (Å²) in [6, 6.07) is 102. The number of hydrogen-bond donors (Lipinski definition) is 0. The van der Waals surface area contributed by atoms with Crippen LogP contribution in [0.3, 0.4) is 0 Å². The molecule has 2 heteroatoms. The number of rotatable bonds is 9. The zero-order valence-corrected chi connectivity index (χ0v) is 38.5. The number of para-hydroxylation sites is 2. The summed E-state index contributed by atoms with van der Waals surface area (Å²) in [5.41, 5.74) is 18.5. The van der Waals surface area contributed by atoms with E-state index in [0.717, 1.165) is 28.3 Å². The molecule has 0 spiro atoms. The third-order valence-electron chi connectivity index (χ3n) is 14.0. The standard InChI is InChI=1S/C68H46N2/c1-4-17-49(18-5-1)59-25-12-13-27-63(59)68-61(50-19-6-2-7-20-50)28-16-30-67(68)69(56-39-33-47(34-40-56)52-37-43-60-54(45-52)32-31-51-21-10-11-24-58(51)60)57-41-35-48(36-42-57)53-38-44-66-64(46-53)62-26-14-15-29-65(62)70(66)55-22-8-3-9-23-55/h1-46H. The van der Waals surface area contributed by atoms with E-state index < -0.39 is 0 Å². The molecule has 12 aromatic carbocycles. The molecule has 328 valence electrons. The zero-order chi connectivity index (χ0) is 46.4. The van der Waals surface area contributed by atoms with E-state index in [1.54, 1.807) is 0 Å². The second-order valence-corrected chi connectivity index (χ2v) is 18.0. The summed E-state index contributed by atoms with van der Waals surface area (Å²) in [7, 11) is 0. The number of nitrogens with zero attached hydrogens (tertiary/aromatic N) is 2. The first-order valence-electron chi connectivity index (χ1n) is 24.1. The van der Waals surface area contributed by atoms with E-state index >= 15 is 0 Å². The van der Waals surface area contributed by atoms with Crippen molar-refractivity contribution in [3.8, 4) is 61.3 Å². The molecule has 0 N–H and O–H groups in total. The minimum atomic E-state index is 1.07. The van der Waals surface area contributed by atoms with Gasteiger partial charge in [0.05, 0.1) is 16.7 Å². The molecule has 70 heavy (non-hydrogen) atoms. The third-order valence-corrected chi connectivity index (χ3v) is 14.0. The van der Waals surface area contributed by atoms with Crippen molar-refractivity contribution in [1.29, 1.82) is 0 Å². The van der Waals surface area contributed by atoms with Crippen LogP contribution in [0.25, 0.3) is 105 Å². The van der Waals surface area contributed by atoms with Crippen molar-refractivity contribution in [3.05, 3.63) is 279 Å².